The fraction of sp³-hybridized carbons (Fsp3) is 0.455. The molecule has 1 unspecified atom stereocenters. The van der Waals surface area contributed by atoms with Crippen LogP contribution in [0.4, 0.5) is 0 Å². The zero-order valence-electron chi connectivity index (χ0n) is 16.6. The van der Waals surface area contributed by atoms with Crippen molar-refractivity contribution in [2.24, 2.45) is 0 Å². The molecule has 0 bridgehead atoms. The Balaban J connectivity index is 1.39. The molecule has 0 aliphatic carbocycles. The third-order valence-electron chi connectivity index (χ3n) is 5.25. The Hall–Kier alpha value is -1.99. The molecule has 0 spiro atoms. The molecule has 1 fully saturated rings. The molecule has 4 rings (SSSR count). The van der Waals surface area contributed by atoms with Crippen molar-refractivity contribution in [1.29, 1.82) is 0 Å². The fourth-order valence-electron chi connectivity index (χ4n) is 3.61. The lowest BCUT2D eigenvalue weighted by Gasteiger charge is -2.33. The third-order valence-corrected chi connectivity index (χ3v) is 5.47. The number of benzene rings is 2. The number of hydrogen-bond acceptors (Lipinski definition) is 6. The first-order chi connectivity index (χ1) is 14.1. The van der Waals surface area contributed by atoms with E-state index in [1.165, 1.54) is 0 Å². The number of fused-ring (bicyclic) bond motifs is 1. The first-order valence-electron chi connectivity index (χ1n) is 9.99. The van der Waals surface area contributed by atoms with Crippen LogP contribution in [-0.2, 0) is 0 Å². The largest absolute Gasteiger partial charge is 0.491 e. The van der Waals surface area contributed by atoms with Gasteiger partial charge in [0, 0.05) is 37.7 Å². The molecule has 1 saturated heterocycles. The van der Waals surface area contributed by atoms with E-state index in [2.05, 4.69) is 16.8 Å². The predicted octanol–water partition coefficient (Wildman–Crippen LogP) is 2.77. The second-order valence-electron chi connectivity index (χ2n) is 7.60. The second kappa shape index (κ2) is 9.22. The van der Waals surface area contributed by atoms with Gasteiger partial charge in [0.1, 0.15) is 31.7 Å². The molecule has 2 aromatic rings. The summed E-state index contributed by atoms with van der Waals surface area (Å²) in [5.74, 6) is 2.13. The Labute approximate surface area is 176 Å². The van der Waals surface area contributed by atoms with Gasteiger partial charge in [0.05, 0.1) is 0 Å². The maximum atomic E-state index is 10.4. The van der Waals surface area contributed by atoms with E-state index < -0.39 is 6.10 Å². The smallest absolute Gasteiger partial charge is 0.161 e. The van der Waals surface area contributed by atoms with Crippen LogP contribution in [-0.4, -0.2) is 80.6 Å². The lowest BCUT2D eigenvalue weighted by molar-refractivity contribution is 0.0505. The van der Waals surface area contributed by atoms with Crippen molar-refractivity contribution in [1.82, 2.24) is 9.80 Å². The molecule has 2 aliphatic rings. The topological polar surface area (TPSA) is 54.4 Å². The Morgan fingerprint density at radius 3 is 2.55 bits per heavy atom. The first kappa shape index (κ1) is 20.3. The second-order valence-corrected chi connectivity index (χ2v) is 8.04. The van der Waals surface area contributed by atoms with Crippen molar-refractivity contribution in [2.45, 2.75) is 6.10 Å². The van der Waals surface area contributed by atoms with E-state index in [0.29, 0.717) is 30.5 Å². The number of aliphatic hydroxyl groups excluding tert-OH is 1. The zero-order chi connectivity index (χ0) is 20.2. The number of halogens is 1. The molecule has 0 radical (unpaired) electrons. The van der Waals surface area contributed by atoms with Crippen molar-refractivity contribution in [3.05, 3.63) is 41.4 Å². The summed E-state index contributed by atoms with van der Waals surface area (Å²) >= 11 is 6.32. The van der Waals surface area contributed by atoms with Crippen LogP contribution in [0.2, 0.25) is 5.02 Å². The van der Waals surface area contributed by atoms with Crippen molar-refractivity contribution in [3.8, 4) is 28.4 Å². The van der Waals surface area contributed by atoms with Gasteiger partial charge in [-0.1, -0.05) is 17.7 Å². The zero-order valence-corrected chi connectivity index (χ0v) is 17.4. The van der Waals surface area contributed by atoms with Crippen molar-refractivity contribution in [2.75, 3.05) is 59.6 Å². The number of piperazine rings is 1. The molecule has 156 valence electrons. The molecular formula is C22H27ClN2O4. The van der Waals surface area contributed by atoms with Gasteiger partial charge in [-0.2, -0.15) is 0 Å². The van der Waals surface area contributed by atoms with Gasteiger partial charge in [-0.15, -0.1) is 0 Å². The number of rotatable bonds is 6. The lowest BCUT2D eigenvalue weighted by atomic mass is 10.0. The van der Waals surface area contributed by atoms with Crippen LogP contribution in [0.3, 0.4) is 0 Å². The maximum absolute atomic E-state index is 10.4. The highest BCUT2D eigenvalue weighted by Crippen LogP contribution is 2.36. The average molecular weight is 419 g/mol. The van der Waals surface area contributed by atoms with Crippen LogP contribution in [0.1, 0.15) is 0 Å². The number of likely N-dealkylation sites (N-methyl/N-ethyl adjacent to an activating group) is 1. The Morgan fingerprint density at radius 2 is 1.76 bits per heavy atom. The Bertz CT molecular complexity index is 840. The van der Waals surface area contributed by atoms with Crippen LogP contribution in [0, 0.1) is 0 Å². The third kappa shape index (κ3) is 5.34. The van der Waals surface area contributed by atoms with E-state index in [1.807, 2.05) is 30.3 Å². The molecule has 6 nitrogen and oxygen atoms in total. The molecule has 2 aliphatic heterocycles. The Morgan fingerprint density at radius 1 is 1.00 bits per heavy atom. The maximum Gasteiger partial charge on any atom is 0.161 e. The minimum Gasteiger partial charge on any atom is -0.491 e. The minimum atomic E-state index is -0.546. The molecule has 29 heavy (non-hydrogen) atoms. The summed E-state index contributed by atoms with van der Waals surface area (Å²) in [7, 11) is 2.12. The van der Waals surface area contributed by atoms with Gasteiger partial charge >= 0.3 is 0 Å². The van der Waals surface area contributed by atoms with Crippen LogP contribution < -0.4 is 14.2 Å². The van der Waals surface area contributed by atoms with E-state index >= 15 is 0 Å². The molecule has 1 N–H and O–H groups in total. The van der Waals surface area contributed by atoms with E-state index in [9.17, 15) is 5.11 Å². The number of hydrogen-bond donors (Lipinski definition) is 1. The highest BCUT2D eigenvalue weighted by Gasteiger charge is 2.18. The van der Waals surface area contributed by atoms with Crippen molar-refractivity contribution in [3.63, 3.8) is 0 Å². The molecule has 2 aromatic carbocycles. The van der Waals surface area contributed by atoms with E-state index in [4.69, 9.17) is 25.8 Å². The lowest BCUT2D eigenvalue weighted by Crippen LogP contribution is -2.47. The number of β-amino-alcohol motifs (C(OH)–C–C–N with tert-alkyl or cyclic N) is 1. The molecule has 0 aromatic heterocycles. The fourth-order valence-corrected chi connectivity index (χ4v) is 3.83. The standard InChI is InChI=1S/C22H27ClN2O4/c1-24-4-6-25(7-5-24)14-19(26)15-29-20-11-17(10-18(23)13-20)16-2-3-21-22(12-16)28-9-8-27-21/h2-3,10-13,19,26H,4-9,14-15H2,1H3. The predicted molar refractivity (Wildman–Crippen MR) is 113 cm³/mol. The number of ether oxygens (including phenoxy) is 3. The summed E-state index contributed by atoms with van der Waals surface area (Å²) < 4.78 is 17.1. The SMILES string of the molecule is CN1CCN(CC(O)COc2cc(Cl)cc(-c3ccc4c(c3)OCCO4)c2)CC1. The number of aliphatic hydroxyl groups is 1. The van der Waals surface area contributed by atoms with Crippen molar-refractivity contribution < 1.29 is 19.3 Å². The van der Waals surface area contributed by atoms with Gasteiger partial charge in [-0.25, -0.2) is 0 Å². The van der Waals surface area contributed by atoms with Gasteiger partial charge in [0.25, 0.3) is 0 Å². The quantitative estimate of drug-likeness (QED) is 0.778. The summed E-state index contributed by atoms with van der Waals surface area (Å²) in [6, 6.07) is 11.4. The first-order valence-corrected chi connectivity index (χ1v) is 10.4. The van der Waals surface area contributed by atoms with Gasteiger partial charge in [0.15, 0.2) is 11.5 Å². The highest BCUT2D eigenvalue weighted by atomic mass is 35.5. The summed E-state index contributed by atoms with van der Waals surface area (Å²) in [5.41, 5.74) is 1.90. The van der Waals surface area contributed by atoms with Crippen molar-refractivity contribution >= 4 is 11.6 Å². The summed E-state index contributed by atoms with van der Waals surface area (Å²) in [4.78, 5) is 4.57. The summed E-state index contributed by atoms with van der Waals surface area (Å²) in [6.07, 6.45) is -0.546. The highest BCUT2D eigenvalue weighted by molar-refractivity contribution is 6.31. The molecule has 0 saturated carbocycles. The monoisotopic (exact) mass is 418 g/mol. The molecule has 2 heterocycles. The molecule has 7 heteroatoms. The van der Waals surface area contributed by atoms with Crippen LogP contribution in [0.25, 0.3) is 11.1 Å². The molecule has 0 amide bonds. The summed E-state index contributed by atoms with van der Waals surface area (Å²) in [6.45, 7) is 5.96. The normalized spacial score (nSPS) is 18.4. The van der Waals surface area contributed by atoms with E-state index in [-0.39, 0.29) is 6.61 Å². The molecular weight excluding hydrogens is 392 g/mol. The van der Waals surface area contributed by atoms with Gasteiger partial charge in [-0.3, -0.25) is 4.90 Å². The van der Waals surface area contributed by atoms with Gasteiger partial charge < -0.3 is 24.2 Å². The Kier molecular flexibility index (Phi) is 6.45. The average Bonchev–Trinajstić information content (AvgIpc) is 2.73. The van der Waals surface area contributed by atoms with Crippen LogP contribution in [0.5, 0.6) is 17.2 Å². The number of nitrogens with zero attached hydrogens (tertiary/aromatic N) is 2. The minimum absolute atomic E-state index is 0.229. The van der Waals surface area contributed by atoms with E-state index in [1.54, 1.807) is 6.07 Å². The van der Waals surface area contributed by atoms with Gasteiger partial charge in [0.2, 0.25) is 0 Å². The summed E-state index contributed by atoms with van der Waals surface area (Å²) in [5, 5.41) is 11.0. The van der Waals surface area contributed by atoms with E-state index in [0.717, 1.165) is 48.8 Å². The van der Waals surface area contributed by atoms with Crippen LogP contribution >= 0.6 is 11.6 Å². The van der Waals surface area contributed by atoms with Crippen LogP contribution in [0.15, 0.2) is 36.4 Å². The van der Waals surface area contributed by atoms with Gasteiger partial charge in [-0.05, 0) is 48.5 Å². The molecule has 1 atom stereocenters.